The van der Waals surface area contributed by atoms with Crippen LogP contribution < -0.4 is 18.9 Å². The summed E-state index contributed by atoms with van der Waals surface area (Å²) in [6.07, 6.45) is -19.2. The molecular formula is C6HF12LiO4S. The van der Waals surface area contributed by atoms with E-state index in [0.717, 1.165) is 0 Å². The molecule has 0 aliphatic rings. The van der Waals surface area contributed by atoms with E-state index in [-0.39, 0.29) is 18.9 Å². The van der Waals surface area contributed by atoms with Gasteiger partial charge >= 0.3 is 54.6 Å². The Morgan fingerprint density at radius 3 is 1.38 bits per heavy atom. The van der Waals surface area contributed by atoms with Gasteiger partial charge in [0.2, 0.25) is 0 Å². The first-order valence-corrected chi connectivity index (χ1v) is 5.89. The third-order valence-corrected chi connectivity index (χ3v) is 2.84. The SMILES string of the molecule is O=S(=O)([O-])C(F)(F)C(F)(F)C(F)(F)C(F)(F)OC(F)(F)C(F)F.[Li+]. The van der Waals surface area contributed by atoms with Crippen molar-refractivity contribution in [3.8, 4) is 0 Å². The molecule has 0 bridgehead atoms. The molecule has 0 atom stereocenters. The van der Waals surface area contributed by atoms with Gasteiger partial charge in [-0.05, 0) is 0 Å². The summed E-state index contributed by atoms with van der Waals surface area (Å²) in [7, 11) is -7.70. The van der Waals surface area contributed by atoms with Crippen LogP contribution in [0.2, 0.25) is 0 Å². The second-order valence-corrected chi connectivity index (χ2v) is 5.02. The Kier molecular flexibility index (Phi) is 7.26. The molecule has 0 N–H and O–H groups in total. The van der Waals surface area contributed by atoms with Gasteiger partial charge in [-0.3, -0.25) is 0 Å². The third kappa shape index (κ3) is 4.06. The molecule has 0 aromatic rings. The maximum atomic E-state index is 12.7. The van der Waals surface area contributed by atoms with Gasteiger partial charge in [0.1, 0.15) is 0 Å². The van der Waals surface area contributed by atoms with Crippen LogP contribution in [0.4, 0.5) is 52.7 Å². The smallest absolute Gasteiger partial charge is 0.743 e. The fourth-order valence-electron chi connectivity index (χ4n) is 0.802. The second kappa shape index (κ2) is 6.74. The zero-order valence-corrected chi connectivity index (χ0v) is 11.5. The van der Waals surface area contributed by atoms with Gasteiger partial charge in [0.25, 0.3) is 0 Å². The molecule has 0 spiro atoms. The Morgan fingerprint density at radius 1 is 0.792 bits per heavy atom. The number of rotatable bonds is 7. The van der Waals surface area contributed by atoms with E-state index in [1.54, 1.807) is 0 Å². The quantitative estimate of drug-likeness (QED) is 0.337. The van der Waals surface area contributed by atoms with Gasteiger partial charge in [-0.2, -0.15) is 43.9 Å². The Morgan fingerprint density at radius 2 is 1.12 bits per heavy atom. The number of halogens is 12. The summed E-state index contributed by atoms with van der Waals surface area (Å²) in [6, 6.07) is 0. The molecule has 24 heavy (non-hydrogen) atoms. The van der Waals surface area contributed by atoms with Gasteiger partial charge in [-0.15, -0.1) is 0 Å². The first-order valence-electron chi connectivity index (χ1n) is 4.48. The van der Waals surface area contributed by atoms with Crippen LogP contribution in [0, 0.1) is 0 Å². The normalized spacial score (nSPS) is 15.4. The fraction of sp³-hybridized carbons (Fsp3) is 1.00. The van der Waals surface area contributed by atoms with E-state index < -0.39 is 45.9 Å². The van der Waals surface area contributed by atoms with Crippen LogP contribution >= 0.6 is 0 Å². The molecule has 0 amide bonds. The van der Waals surface area contributed by atoms with Crippen molar-refractivity contribution in [3.05, 3.63) is 0 Å². The maximum absolute atomic E-state index is 12.7. The van der Waals surface area contributed by atoms with Crippen molar-refractivity contribution in [2.24, 2.45) is 0 Å². The van der Waals surface area contributed by atoms with Gasteiger partial charge in [-0.1, -0.05) is 0 Å². The molecule has 0 aromatic carbocycles. The van der Waals surface area contributed by atoms with Crippen molar-refractivity contribution >= 4 is 10.1 Å². The van der Waals surface area contributed by atoms with Crippen LogP contribution in [-0.4, -0.2) is 48.7 Å². The van der Waals surface area contributed by atoms with E-state index in [9.17, 15) is 65.7 Å². The monoisotopic (exact) mass is 404 g/mol. The standard InChI is InChI=1S/C6H2F12O4S.Li/c7-1(8)2(9,10)22-5(15,16)3(11,12)4(13,14)6(17,18)23(19,20)21;/h1H,(H,19,20,21);/q;+1/p-1. The van der Waals surface area contributed by atoms with Gasteiger partial charge < -0.3 is 4.55 Å². The zero-order valence-electron chi connectivity index (χ0n) is 10.7. The van der Waals surface area contributed by atoms with Crippen LogP contribution in [0.5, 0.6) is 0 Å². The predicted octanol–water partition coefficient (Wildman–Crippen LogP) is -0.134. The summed E-state index contributed by atoms with van der Waals surface area (Å²) in [5, 5.41) is -7.42. The third-order valence-electron chi connectivity index (χ3n) is 1.96. The van der Waals surface area contributed by atoms with Crippen molar-refractivity contribution in [2.75, 3.05) is 0 Å². The summed E-state index contributed by atoms with van der Waals surface area (Å²) in [5.74, 6) is -15.6. The van der Waals surface area contributed by atoms with Crippen LogP contribution in [0.15, 0.2) is 0 Å². The molecule has 0 saturated carbocycles. The van der Waals surface area contributed by atoms with Crippen LogP contribution in [-0.2, 0) is 14.9 Å². The van der Waals surface area contributed by atoms with Gasteiger partial charge in [0.05, 0.1) is 0 Å². The molecule has 0 fully saturated rings. The van der Waals surface area contributed by atoms with Crippen LogP contribution in [0.25, 0.3) is 0 Å². The minimum absolute atomic E-state index is 0. The van der Waals surface area contributed by atoms with E-state index in [2.05, 4.69) is 0 Å². The minimum atomic E-state index is -7.81. The van der Waals surface area contributed by atoms with E-state index in [4.69, 9.17) is 0 Å². The number of ether oxygens (including phenoxy) is 1. The number of hydrogen-bond acceptors (Lipinski definition) is 4. The molecule has 0 aliphatic heterocycles. The van der Waals surface area contributed by atoms with Crippen molar-refractivity contribution < 1.29 is 89.3 Å². The maximum Gasteiger partial charge on any atom is 1.00 e. The first-order chi connectivity index (χ1) is 9.65. The van der Waals surface area contributed by atoms with Crippen molar-refractivity contribution in [2.45, 2.75) is 35.7 Å². The van der Waals surface area contributed by atoms with Crippen molar-refractivity contribution in [3.63, 3.8) is 0 Å². The molecule has 0 saturated heterocycles. The summed E-state index contributed by atoms with van der Waals surface area (Å²) in [6.45, 7) is 0. The summed E-state index contributed by atoms with van der Waals surface area (Å²) >= 11 is 0. The second-order valence-electron chi connectivity index (χ2n) is 3.60. The Labute approximate surface area is 136 Å². The molecule has 0 aromatic heterocycles. The average molecular weight is 404 g/mol. The Balaban J connectivity index is 0. The van der Waals surface area contributed by atoms with Crippen molar-refractivity contribution in [1.29, 1.82) is 0 Å². The van der Waals surface area contributed by atoms with E-state index in [1.165, 1.54) is 4.74 Å². The number of hydrogen-bond donors (Lipinski definition) is 0. The molecule has 0 unspecified atom stereocenters. The van der Waals surface area contributed by atoms with Crippen LogP contribution in [0.1, 0.15) is 0 Å². The summed E-state index contributed by atoms with van der Waals surface area (Å²) < 4.78 is 179. The predicted molar refractivity (Wildman–Crippen MR) is 41.5 cm³/mol. The first kappa shape index (κ1) is 25.9. The molecule has 0 heterocycles. The molecular weight excluding hydrogens is 403 g/mol. The Bertz CT molecular complexity index is 546. The minimum Gasteiger partial charge on any atom is -0.743 e. The Hall–Kier alpha value is -0.373. The molecule has 140 valence electrons. The van der Waals surface area contributed by atoms with E-state index >= 15 is 0 Å². The average Bonchev–Trinajstić information content (AvgIpc) is 2.24. The topological polar surface area (TPSA) is 66.4 Å². The number of alkyl halides is 12. The van der Waals surface area contributed by atoms with E-state index in [1.807, 2.05) is 0 Å². The van der Waals surface area contributed by atoms with Gasteiger partial charge in [0, 0.05) is 0 Å². The van der Waals surface area contributed by atoms with Crippen molar-refractivity contribution in [1.82, 2.24) is 0 Å². The molecule has 4 nitrogen and oxygen atoms in total. The summed E-state index contributed by atoms with van der Waals surface area (Å²) in [4.78, 5) is 0. The summed E-state index contributed by atoms with van der Waals surface area (Å²) in [5.41, 5.74) is 0. The van der Waals surface area contributed by atoms with Crippen LogP contribution in [0.3, 0.4) is 0 Å². The fourth-order valence-corrected chi connectivity index (χ4v) is 1.24. The zero-order chi connectivity index (χ0) is 19.3. The molecule has 0 radical (unpaired) electrons. The molecule has 0 rings (SSSR count). The molecule has 0 aliphatic carbocycles. The molecule has 18 heteroatoms. The van der Waals surface area contributed by atoms with E-state index in [0.29, 0.717) is 0 Å². The largest absolute Gasteiger partial charge is 1.00 e. The van der Waals surface area contributed by atoms with Gasteiger partial charge in [0.15, 0.2) is 10.1 Å². The van der Waals surface area contributed by atoms with Gasteiger partial charge in [-0.25, -0.2) is 21.9 Å².